The van der Waals surface area contributed by atoms with Crippen LogP contribution in [0.3, 0.4) is 0 Å². The molecule has 0 saturated heterocycles. The third-order valence-corrected chi connectivity index (χ3v) is 6.33. The van der Waals surface area contributed by atoms with Crippen LogP contribution in [0.15, 0.2) is 0 Å². The van der Waals surface area contributed by atoms with E-state index < -0.39 is 23.0 Å². The van der Waals surface area contributed by atoms with Crippen molar-refractivity contribution in [2.24, 2.45) is 10.8 Å². The molecule has 0 rings (SSSR count). The van der Waals surface area contributed by atoms with Crippen LogP contribution in [0.4, 0.5) is 0 Å². The van der Waals surface area contributed by atoms with Crippen molar-refractivity contribution in [2.75, 3.05) is 0 Å². The van der Waals surface area contributed by atoms with Gasteiger partial charge in [-0.2, -0.15) is 0 Å². The van der Waals surface area contributed by atoms with Crippen LogP contribution in [0, 0.1) is 10.8 Å². The lowest BCUT2D eigenvalue weighted by Gasteiger charge is -2.48. The molecular formula is C9H20ClO3P. The van der Waals surface area contributed by atoms with E-state index in [1.165, 1.54) is 0 Å². The number of hydrogen-bond acceptors (Lipinski definition) is 1. The second kappa shape index (κ2) is 3.48. The van der Waals surface area contributed by atoms with Gasteiger partial charge < -0.3 is 9.79 Å². The monoisotopic (exact) mass is 242 g/mol. The molecule has 86 valence electrons. The minimum Gasteiger partial charge on any atom is -0.323 e. The van der Waals surface area contributed by atoms with Crippen molar-refractivity contribution >= 4 is 19.2 Å². The Kier molecular flexibility index (Phi) is 3.59. The molecule has 0 atom stereocenters. The zero-order chi connectivity index (χ0) is 12.0. The molecule has 0 aliphatic rings. The molecule has 0 aliphatic carbocycles. The maximum absolute atomic E-state index is 11.5. The van der Waals surface area contributed by atoms with Crippen molar-refractivity contribution in [2.45, 2.75) is 46.2 Å². The van der Waals surface area contributed by atoms with Crippen LogP contribution < -0.4 is 0 Å². The van der Waals surface area contributed by atoms with E-state index in [-0.39, 0.29) is 0 Å². The molecule has 0 bridgehead atoms. The van der Waals surface area contributed by atoms with Gasteiger partial charge in [-0.25, -0.2) is 0 Å². The Labute approximate surface area is 91.0 Å². The summed E-state index contributed by atoms with van der Waals surface area (Å²) < 4.78 is 9.96. The Balaban J connectivity index is 5.67. The highest BCUT2D eigenvalue weighted by Crippen LogP contribution is 2.68. The lowest BCUT2D eigenvalue weighted by molar-refractivity contribution is 0.167. The zero-order valence-corrected chi connectivity index (χ0v) is 11.3. The number of halogens is 1. The molecule has 0 aromatic rings. The predicted octanol–water partition coefficient (Wildman–Crippen LogP) is 3.19. The maximum atomic E-state index is 11.5. The Morgan fingerprint density at radius 1 is 0.929 bits per heavy atom. The van der Waals surface area contributed by atoms with E-state index in [1.54, 1.807) is 41.5 Å². The number of hydrogen-bond donors (Lipinski definition) is 2. The summed E-state index contributed by atoms with van der Waals surface area (Å²) in [4.78, 5) is 18.8. The van der Waals surface area contributed by atoms with Crippen molar-refractivity contribution in [3.8, 4) is 0 Å². The molecule has 5 heteroatoms. The van der Waals surface area contributed by atoms with Crippen LogP contribution in [-0.4, -0.2) is 14.4 Å². The van der Waals surface area contributed by atoms with E-state index in [0.717, 1.165) is 0 Å². The minimum absolute atomic E-state index is 0.675. The van der Waals surface area contributed by atoms with Gasteiger partial charge in [-0.3, -0.25) is 4.57 Å². The van der Waals surface area contributed by atoms with E-state index in [4.69, 9.17) is 11.6 Å². The standard InChI is InChI=1S/C9H20ClO3P/c1-7(2,3)9(10,8(4,5)6)14(11,12)13/h1-6H3,(H2,11,12,13). The number of rotatable bonds is 1. The van der Waals surface area contributed by atoms with E-state index in [9.17, 15) is 14.4 Å². The summed E-state index contributed by atoms with van der Waals surface area (Å²) in [5, 5.41) is 0. The summed E-state index contributed by atoms with van der Waals surface area (Å²) in [6.45, 7) is 10.4. The summed E-state index contributed by atoms with van der Waals surface area (Å²) in [6, 6.07) is 0. The van der Waals surface area contributed by atoms with Gasteiger partial charge in [0, 0.05) is 0 Å². The first-order chi connectivity index (χ1) is 5.75. The molecule has 0 aromatic heterocycles. The summed E-state index contributed by atoms with van der Waals surface area (Å²) in [6.07, 6.45) is 0. The van der Waals surface area contributed by atoms with Gasteiger partial charge in [-0.15, -0.1) is 11.6 Å². The fourth-order valence-corrected chi connectivity index (χ4v) is 3.75. The quantitative estimate of drug-likeness (QED) is 0.548. The molecular weight excluding hydrogens is 223 g/mol. The molecule has 14 heavy (non-hydrogen) atoms. The molecule has 0 radical (unpaired) electrons. The van der Waals surface area contributed by atoms with Crippen LogP contribution in [0.2, 0.25) is 0 Å². The third kappa shape index (κ3) is 2.16. The molecule has 0 aromatic carbocycles. The molecule has 0 spiro atoms. The highest BCUT2D eigenvalue weighted by molar-refractivity contribution is 7.55. The number of alkyl halides is 1. The largest absolute Gasteiger partial charge is 0.347 e. The molecule has 0 amide bonds. The molecule has 0 heterocycles. The van der Waals surface area contributed by atoms with Gasteiger partial charge in [0.15, 0.2) is 4.62 Å². The highest BCUT2D eigenvalue weighted by Gasteiger charge is 2.61. The summed E-state index contributed by atoms with van der Waals surface area (Å²) in [5.74, 6) is 0. The molecule has 0 unspecified atom stereocenters. The summed E-state index contributed by atoms with van der Waals surface area (Å²) in [7, 11) is -4.37. The van der Waals surface area contributed by atoms with Crippen LogP contribution >= 0.6 is 19.2 Å². The molecule has 0 aliphatic heterocycles. The summed E-state index contributed by atoms with van der Waals surface area (Å²) in [5.41, 5.74) is -1.35. The lowest BCUT2D eigenvalue weighted by atomic mass is 9.76. The second-order valence-corrected chi connectivity index (χ2v) is 8.26. The fraction of sp³-hybridized carbons (Fsp3) is 1.00. The topological polar surface area (TPSA) is 57.5 Å². The Bertz CT molecular complexity index is 242. The van der Waals surface area contributed by atoms with Crippen molar-refractivity contribution < 1.29 is 14.4 Å². The zero-order valence-electron chi connectivity index (χ0n) is 9.63. The van der Waals surface area contributed by atoms with Gasteiger partial charge in [0.2, 0.25) is 0 Å². The first-order valence-corrected chi connectivity index (χ1v) is 6.49. The SMILES string of the molecule is CC(C)(C)C(Cl)(C(C)(C)C)P(=O)(O)O. The van der Waals surface area contributed by atoms with Crippen LogP contribution in [0.1, 0.15) is 41.5 Å². The van der Waals surface area contributed by atoms with Gasteiger partial charge >= 0.3 is 7.60 Å². The van der Waals surface area contributed by atoms with Gasteiger partial charge in [0.25, 0.3) is 0 Å². The smallest absolute Gasteiger partial charge is 0.323 e. The summed E-state index contributed by atoms with van der Waals surface area (Å²) >= 11 is 6.20. The highest BCUT2D eigenvalue weighted by atomic mass is 35.5. The van der Waals surface area contributed by atoms with E-state index in [1.807, 2.05) is 0 Å². The Morgan fingerprint density at radius 3 is 1.14 bits per heavy atom. The average molecular weight is 243 g/mol. The third-order valence-electron chi connectivity index (χ3n) is 2.39. The first kappa shape index (κ1) is 14.4. The van der Waals surface area contributed by atoms with E-state index in [2.05, 4.69) is 0 Å². The minimum atomic E-state index is -4.37. The fourth-order valence-electron chi connectivity index (χ4n) is 2.00. The first-order valence-electron chi connectivity index (χ1n) is 4.50. The van der Waals surface area contributed by atoms with Crippen molar-refractivity contribution in [3.63, 3.8) is 0 Å². The second-order valence-electron chi connectivity index (χ2n) is 5.67. The van der Waals surface area contributed by atoms with Crippen molar-refractivity contribution in [3.05, 3.63) is 0 Å². The van der Waals surface area contributed by atoms with Gasteiger partial charge in [-0.05, 0) is 10.8 Å². The van der Waals surface area contributed by atoms with Gasteiger partial charge in [0.05, 0.1) is 0 Å². The van der Waals surface area contributed by atoms with Gasteiger partial charge in [0.1, 0.15) is 0 Å². The normalized spacial score (nSPS) is 15.8. The van der Waals surface area contributed by atoms with Crippen LogP contribution in [0.5, 0.6) is 0 Å². The van der Waals surface area contributed by atoms with Crippen molar-refractivity contribution in [1.29, 1.82) is 0 Å². The molecule has 0 fully saturated rings. The van der Waals surface area contributed by atoms with Crippen molar-refractivity contribution in [1.82, 2.24) is 0 Å². The average Bonchev–Trinajstić information content (AvgIpc) is 1.77. The van der Waals surface area contributed by atoms with Crippen LogP contribution in [-0.2, 0) is 4.57 Å². The Morgan fingerprint density at radius 2 is 1.14 bits per heavy atom. The molecule has 3 nitrogen and oxygen atoms in total. The van der Waals surface area contributed by atoms with E-state index >= 15 is 0 Å². The van der Waals surface area contributed by atoms with Gasteiger partial charge in [-0.1, -0.05) is 41.5 Å². The van der Waals surface area contributed by atoms with E-state index in [0.29, 0.717) is 0 Å². The Hall–Kier alpha value is 0.440. The maximum Gasteiger partial charge on any atom is 0.347 e. The predicted molar refractivity (Wildman–Crippen MR) is 59.5 cm³/mol. The molecule has 0 saturated carbocycles. The lowest BCUT2D eigenvalue weighted by Crippen LogP contribution is -2.47. The molecule has 2 N–H and O–H groups in total. The van der Waals surface area contributed by atoms with Crippen LogP contribution in [0.25, 0.3) is 0 Å².